The van der Waals surface area contributed by atoms with E-state index in [9.17, 15) is 5.11 Å². The van der Waals surface area contributed by atoms with Crippen molar-refractivity contribution in [1.82, 2.24) is 5.32 Å². The second-order valence-corrected chi connectivity index (χ2v) is 3.44. The predicted octanol–water partition coefficient (Wildman–Crippen LogP) is 1.74. The van der Waals surface area contributed by atoms with Crippen LogP contribution in [0.1, 0.15) is 40.0 Å². The maximum atomic E-state index is 9.25. The molecule has 2 N–H and O–H groups in total. The van der Waals surface area contributed by atoms with Gasteiger partial charge in [0.05, 0.1) is 0 Å². The summed E-state index contributed by atoms with van der Waals surface area (Å²) in [4.78, 5) is 0. The molecule has 0 aromatic heterocycles. The molecular weight excluding hydrogens is 138 g/mol. The molecule has 0 fully saturated rings. The molecule has 0 aromatic rings. The minimum absolute atomic E-state index is 0.293. The van der Waals surface area contributed by atoms with Crippen molar-refractivity contribution in [2.24, 2.45) is 5.92 Å². The molecule has 0 radical (unpaired) electrons. The van der Waals surface area contributed by atoms with E-state index in [1.54, 1.807) is 0 Å². The van der Waals surface area contributed by atoms with E-state index in [1.807, 2.05) is 0 Å². The molecule has 0 bridgehead atoms. The summed E-state index contributed by atoms with van der Waals surface area (Å²) in [6.45, 7) is 7.38. The number of rotatable bonds is 6. The average Bonchev–Trinajstić information content (AvgIpc) is 1.87. The topological polar surface area (TPSA) is 32.3 Å². The SMILES string of the molecule is CCCC(O)NCCC(C)C. The highest BCUT2D eigenvalue weighted by atomic mass is 16.3. The molecule has 0 saturated heterocycles. The molecule has 0 aliphatic carbocycles. The molecule has 0 aromatic carbocycles. The van der Waals surface area contributed by atoms with Crippen LogP contribution in [0, 0.1) is 5.92 Å². The molecule has 0 aliphatic rings. The van der Waals surface area contributed by atoms with Crippen LogP contribution in [0.2, 0.25) is 0 Å². The summed E-state index contributed by atoms with van der Waals surface area (Å²) in [6.07, 6.45) is 2.74. The molecular formula is C9H21NO. The normalized spacial score (nSPS) is 13.9. The Morgan fingerprint density at radius 1 is 1.27 bits per heavy atom. The second-order valence-electron chi connectivity index (χ2n) is 3.44. The summed E-state index contributed by atoms with van der Waals surface area (Å²) in [5.41, 5.74) is 0. The molecule has 1 unspecified atom stereocenters. The predicted molar refractivity (Wildman–Crippen MR) is 48.4 cm³/mol. The van der Waals surface area contributed by atoms with Crippen LogP contribution in [0.25, 0.3) is 0 Å². The molecule has 2 heteroatoms. The molecule has 1 atom stereocenters. The molecule has 0 aliphatic heterocycles. The first-order chi connectivity index (χ1) is 5.16. The van der Waals surface area contributed by atoms with Crippen molar-refractivity contribution in [1.29, 1.82) is 0 Å². The zero-order valence-corrected chi connectivity index (χ0v) is 7.93. The van der Waals surface area contributed by atoms with Crippen molar-refractivity contribution in [3.8, 4) is 0 Å². The minimum Gasteiger partial charge on any atom is -0.379 e. The summed E-state index contributed by atoms with van der Waals surface area (Å²) in [5, 5.41) is 12.3. The fraction of sp³-hybridized carbons (Fsp3) is 1.00. The summed E-state index contributed by atoms with van der Waals surface area (Å²) in [5.74, 6) is 0.719. The van der Waals surface area contributed by atoms with E-state index in [4.69, 9.17) is 0 Å². The van der Waals surface area contributed by atoms with Crippen LogP contribution in [0.4, 0.5) is 0 Å². The maximum absolute atomic E-state index is 9.25. The quantitative estimate of drug-likeness (QED) is 0.579. The maximum Gasteiger partial charge on any atom is 0.104 e. The van der Waals surface area contributed by atoms with Gasteiger partial charge in [0.25, 0.3) is 0 Å². The summed E-state index contributed by atoms with van der Waals surface area (Å²) < 4.78 is 0. The molecule has 0 spiro atoms. The average molecular weight is 159 g/mol. The van der Waals surface area contributed by atoms with Gasteiger partial charge in [0.15, 0.2) is 0 Å². The molecule has 0 heterocycles. The third kappa shape index (κ3) is 7.82. The van der Waals surface area contributed by atoms with Crippen LogP contribution in [-0.4, -0.2) is 17.9 Å². The molecule has 0 amide bonds. The summed E-state index contributed by atoms with van der Waals surface area (Å²) in [6, 6.07) is 0. The highest BCUT2D eigenvalue weighted by molar-refractivity contribution is 4.54. The van der Waals surface area contributed by atoms with Crippen molar-refractivity contribution >= 4 is 0 Å². The Labute approximate surface area is 70.0 Å². The minimum atomic E-state index is -0.293. The Morgan fingerprint density at radius 2 is 1.91 bits per heavy atom. The zero-order valence-electron chi connectivity index (χ0n) is 7.93. The van der Waals surface area contributed by atoms with Crippen LogP contribution in [0.15, 0.2) is 0 Å². The fourth-order valence-corrected chi connectivity index (χ4v) is 0.914. The largest absolute Gasteiger partial charge is 0.379 e. The second kappa shape index (κ2) is 6.62. The standard InChI is InChI=1S/C9H21NO/c1-4-5-9(11)10-7-6-8(2)3/h8-11H,4-7H2,1-3H3. The van der Waals surface area contributed by atoms with E-state index < -0.39 is 0 Å². The lowest BCUT2D eigenvalue weighted by atomic mass is 10.1. The molecule has 68 valence electrons. The van der Waals surface area contributed by atoms with Crippen LogP contribution < -0.4 is 5.32 Å². The third-order valence-electron chi connectivity index (χ3n) is 1.66. The van der Waals surface area contributed by atoms with Crippen LogP contribution in [0.3, 0.4) is 0 Å². The van der Waals surface area contributed by atoms with Gasteiger partial charge in [-0.05, 0) is 25.3 Å². The van der Waals surface area contributed by atoms with Gasteiger partial charge < -0.3 is 5.11 Å². The van der Waals surface area contributed by atoms with Gasteiger partial charge in [0.1, 0.15) is 6.23 Å². The Bertz CT molecular complexity index is 83.6. The molecule has 0 saturated carbocycles. The van der Waals surface area contributed by atoms with Gasteiger partial charge in [-0.1, -0.05) is 27.2 Å². The van der Waals surface area contributed by atoms with E-state index in [2.05, 4.69) is 26.1 Å². The Hall–Kier alpha value is -0.0800. The van der Waals surface area contributed by atoms with E-state index in [-0.39, 0.29) is 6.23 Å². The van der Waals surface area contributed by atoms with Crippen molar-refractivity contribution < 1.29 is 5.11 Å². The Morgan fingerprint density at radius 3 is 2.36 bits per heavy atom. The third-order valence-corrected chi connectivity index (χ3v) is 1.66. The first-order valence-corrected chi connectivity index (χ1v) is 4.58. The number of hydrogen-bond acceptors (Lipinski definition) is 2. The number of nitrogens with one attached hydrogen (secondary N) is 1. The number of aliphatic hydroxyl groups is 1. The lowest BCUT2D eigenvalue weighted by molar-refractivity contribution is 0.125. The van der Waals surface area contributed by atoms with Gasteiger partial charge in [-0.2, -0.15) is 0 Å². The molecule has 2 nitrogen and oxygen atoms in total. The van der Waals surface area contributed by atoms with Gasteiger partial charge in [-0.15, -0.1) is 0 Å². The fourth-order valence-electron chi connectivity index (χ4n) is 0.914. The number of hydrogen-bond donors (Lipinski definition) is 2. The van der Waals surface area contributed by atoms with Crippen LogP contribution in [0.5, 0.6) is 0 Å². The van der Waals surface area contributed by atoms with Gasteiger partial charge >= 0.3 is 0 Å². The summed E-state index contributed by atoms with van der Waals surface area (Å²) >= 11 is 0. The van der Waals surface area contributed by atoms with Crippen molar-refractivity contribution in [2.75, 3.05) is 6.54 Å². The molecule has 11 heavy (non-hydrogen) atoms. The van der Waals surface area contributed by atoms with Crippen LogP contribution >= 0.6 is 0 Å². The van der Waals surface area contributed by atoms with Gasteiger partial charge in [-0.3, -0.25) is 5.32 Å². The highest BCUT2D eigenvalue weighted by Gasteiger charge is 2.00. The van der Waals surface area contributed by atoms with E-state index in [0.29, 0.717) is 0 Å². The Kier molecular flexibility index (Phi) is 6.57. The van der Waals surface area contributed by atoms with E-state index >= 15 is 0 Å². The smallest absolute Gasteiger partial charge is 0.104 e. The highest BCUT2D eigenvalue weighted by Crippen LogP contribution is 1.98. The van der Waals surface area contributed by atoms with Crippen molar-refractivity contribution in [3.63, 3.8) is 0 Å². The first-order valence-electron chi connectivity index (χ1n) is 4.58. The van der Waals surface area contributed by atoms with E-state index in [1.165, 1.54) is 0 Å². The lowest BCUT2D eigenvalue weighted by Crippen LogP contribution is -2.29. The summed E-state index contributed by atoms with van der Waals surface area (Å²) in [7, 11) is 0. The lowest BCUT2D eigenvalue weighted by Gasteiger charge is -2.12. The first kappa shape index (κ1) is 10.9. The Balaban J connectivity index is 3.10. The van der Waals surface area contributed by atoms with Crippen LogP contribution in [-0.2, 0) is 0 Å². The van der Waals surface area contributed by atoms with E-state index in [0.717, 1.165) is 31.7 Å². The molecule has 0 rings (SSSR count). The number of aliphatic hydroxyl groups excluding tert-OH is 1. The van der Waals surface area contributed by atoms with Crippen molar-refractivity contribution in [2.45, 2.75) is 46.3 Å². The van der Waals surface area contributed by atoms with Gasteiger partial charge in [-0.25, -0.2) is 0 Å². The monoisotopic (exact) mass is 159 g/mol. The van der Waals surface area contributed by atoms with Gasteiger partial charge in [0.2, 0.25) is 0 Å². The van der Waals surface area contributed by atoms with Crippen molar-refractivity contribution in [3.05, 3.63) is 0 Å². The zero-order chi connectivity index (χ0) is 8.69. The van der Waals surface area contributed by atoms with Gasteiger partial charge in [0, 0.05) is 0 Å².